The van der Waals surface area contributed by atoms with Crippen LogP contribution in [0.4, 0.5) is 24.7 Å². The lowest BCUT2D eigenvalue weighted by Crippen LogP contribution is -2.50. The zero-order chi connectivity index (χ0) is 25.9. The molecule has 11 heteroatoms. The Labute approximate surface area is 204 Å². The zero-order valence-corrected chi connectivity index (χ0v) is 19.9. The number of hydrogen-bond acceptors (Lipinski definition) is 6. The number of aromatic amines is 1. The summed E-state index contributed by atoms with van der Waals surface area (Å²) in [5.41, 5.74) is -4.42. The van der Waals surface area contributed by atoms with Crippen LogP contribution in [-0.4, -0.2) is 39.3 Å². The third-order valence-electron chi connectivity index (χ3n) is 7.54. The number of nitrogens with zero attached hydrogens (tertiary/aromatic N) is 3. The molecular weight excluding hydrogens is 475 g/mol. The number of aliphatic hydroxyl groups is 1. The van der Waals surface area contributed by atoms with E-state index in [1.165, 1.54) is 32.2 Å². The molecule has 0 saturated carbocycles. The van der Waals surface area contributed by atoms with Gasteiger partial charge in [-0.25, -0.2) is 0 Å². The highest BCUT2D eigenvalue weighted by molar-refractivity contribution is 5.91. The predicted octanol–water partition coefficient (Wildman–Crippen LogP) is 4.22. The number of ether oxygens (including phenoxy) is 1. The first-order valence-electron chi connectivity index (χ1n) is 11.7. The van der Waals surface area contributed by atoms with Crippen molar-refractivity contribution in [1.82, 2.24) is 14.8 Å². The molecule has 2 aliphatic rings. The van der Waals surface area contributed by atoms with E-state index >= 15 is 0 Å². The molecule has 2 aromatic heterocycles. The second-order valence-electron chi connectivity index (χ2n) is 10.3. The SMILES string of the molecule is CC1(C)Cc2cc(Nc3nn([C@]4(CC#N)CCCOC4)c4cc[nH]c(=O)c34)ccc2[C@]1(O)C(F)(F)F. The number of fused-ring (bicyclic) bond motifs is 2. The lowest BCUT2D eigenvalue weighted by molar-refractivity contribution is -0.299. The van der Waals surface area contributed by atoms with Gasteiger partial charge in [-0.3, -0.25) is 9.48 Å². The lowest BCUT2D eigenvalue weighted by Gasteiger charge is -2.38. The number of anilines is 2. The molecule has 3 N–H and O–H groups in total. The molecule has 0 spiro atoms. The third-order valence-corrected chi connectivity index (χ3v) is 7.54. The van der Waals surface area contributed by atoms with Crippen molar-refractivity contribution in [3.63, 3.8) is 0 Å². The third kappa shape index (κ3) is 3.43. The average Bonchev–Trinajstić information content (AvgIpc) is 3.28. The van der Waals surface area contributed by atoms with Crippen molar-refractivity contribution >= 4 is 22.4 Å². The summed E-state index contributed by atoms with van der Waals surface area (Å²) < 4.78 is 49.1. The van der Waals surface area contributed by atoms with Gasteiger partial charge in [-0.1, -0.05) is 19.9 Å². The van der Waals surface area contributed by atoms with Gasteiger partial charge in [-0.05, 0) is 48.6 Å². The molecule has 1 aliphatic carbocycles. The molecule has 2 atom stereocenters. The van der Waals surface area contributed by atoms with E-state index in [0.717, 1.165) is 6.42 Å². The highest BCUT2D eigenvalue weighted by Crippen LogP contribution is 2.58. The maximum Gasteiger partial charge on any atom is 0.421 e. The van der Waals surface area contributed by atoms with E-state index in [-0.39, 0.29) is 41.8 Å². The van der Waals surface area contributed by atoms with Crippen LogP contribution in [0, 0.1) is 16.7 Å². The fourth-order valence-corrected chi connectivity index (χ4v) is 5.70. The molecule has 36 heavy (non-hydrogen) atoms. The van der Waals surface area contributed by atoms with Gasteiger partial charge < -0.3 is 20.1 Å². The normalized spacial score (nSPS) is 25.5. The van der Waals surface area contributed by atoms with Crippen LogP contribution < -0.4 is 10.9 Å². The molecule has 3 aromatic rings. The number of H-pyrrole nitrogens is 1. The molecule has 0 amide bonds. The molecule has 1 aliphatic heterocycles. The quantitative estimate of drug-likeness (QED) is 0.493. The maximum atomic E-state index is 13.9. The van der Waals surface area contributed by atoms with Gasteiger partial charge in [0.2, 0.25) is 0 Å². The molecule has 0 bridgehead atoms. The standard InChI is InChI=1S/C25H26F3N5O3/c1-22(2)13-15-12-16(4-5-17(15)24(22,35)25(26,27)28)31-20-19-18(6-10-30-21(19)34)33(32-20)23(8-9-29)7-3-11-36-14-23/h4-6,10,12,35H,3,7-8,11,13-14H2,1-2H3,(H,30,34)(H,31,32)/t23-,24+/m0/s1. The number of pyridine rings is 1. The number of nitriles is 1. The van der Waals surface area contributed by atoms with Gasteiger partial charge in [0.25, 0.3) is 5.56 Å². The number of hydrogen-bond donors (Lipinski definition) is 3. The van der Waals surface area contributed by atoms with Gasteiger partial charge in [0, 0.05) is 23.9 Å². The Balaban J connectivity index is 1.60. The minimum atomic E-state index is -4.84. The predicted molar refractivity (Wildman–Crippen MR) is 126 cm³/mol. The van der Waals surface area contributed by atoms with Crippen LogP contribution in [0.5, 0.6) is 0 Å². The molecular formula is C25H26F3N5O3. The Hall–Kier alpha value is -3.36. The Bertz CT molecular complexity index is 1430. The van der Waals surface area contributed by atoms with Crippen LogP contribution in [0.25, 0.3) is 10.9 Å². The van der Waals surface area contributed by atoms with Gasteiger partial charge in [-0.15, -0.1) is 0 Å². The number of nitrogens with one attached hydrogen (secondary N) is 2. The van der Waals surface area contributed by atoms with Crippen LogP contribution in [0.15, 0.2) is 35.3 Å². The summed E-state index contributed by atoms with van der Waals surface area (Å²) in [4.78, 5) is 15.5. The van der Waals surface area contributed by atoms with E-state index in [2.05, 4.69) is 21.5 Å². The van der Waals surface area contributed by atoms with Crippen LogP contribution in [0.1, 0.15) is 44.2 Å². The molecule has 0 radical (unpaired) electrons. The molecule has 0 unspecified atom stereocenters. The summed E-state index contributed by atoms with van der Waals surface area (Å²) in [7, 11) is 0. The summed E-state index contributed by atoms with van der Waals surface area (Å²) in [6.07, 6.45) is -1.79. The van der Waals surface area contributed by atoms with E-state index < -0.39 is 22.7 Å². The van der Waals surface area contributed by atoms with Gasteiger partial charge in [-0.2, -0.15) is 23.5 Å². The monoisotopic (exact) mass is 501 g/mol. The summed E-state index contributed by atoms with van der Waals surface area (Å²) in [5, 5.41) is 28.3. The van der Waals surface area contributed by atoms with Crippen molar-refractivity contribution in [3.05, 3.63) is 51.9 Å². The largest absolute Gasteiger partial charge is 0.421 e. The minimum absolute atomic E-state index is 0.0201. The Kier molecular flexibility index (Phi) is 5.46. The second-order valence-corrected chi connectivity index (χ2v) is 10.3. The molecule has 1 aromatic carbocycles. The van der Waals surface area contributed by atoms with Crippen molar-refractivity contribution < 1.29 is 23.0 Å². The van der Waals surface area contributed by atoms with E-state index in [1.54, 1.807) is 16.8 Å². The Morgan fingerprint density at radius 3 is 2.78 bits per heavy atom. The van der Waals surface area contributed by atoms with Gasteiger partial charge in [0.15, 0.2) is 11.4 Å². The van der Waals surface area contributed by atoms with Gasteiger partial charge in [0.1, 0.15) is 5.39 Å². The Morgan fingerprint density at radius 2 is 2.11 bits per heavy atom. The van der Waals surface area contributed by atoms with Gasteiger partial charge >= 0.3 is 6.18 Å². The van der Waals surface area contributed by atoms with Crippen LogP contribution in [-0.2, 0) is 22.3 Å². The summed E-state index contributed by atoms with van der Waals surface area (Å²) in [5.74, 6) is 0.220. The zero-order valence-electron chi connectivity index (χ0n) is 19.9. The number of benzene rings is 1. The molecule has 5 rings (SSSR count). The molecule has 1 fully saturated rings. The molecule has 1 saturated heterocycles. The van der Waals surface area contributed by atoms with Crippen LogP contribution >= 0.6 is 0 Å². The van der Waals surface area contributed by atoms with Crippen molar-refractivity contribution in [2.24, 2.45) is 5.41 Å². The van der Waals surface area contributed by atoms with Crippen LogP contribution in [0.2, 0.25) is 0 Å². The fraction of sp³-hybridized carbons (Fsp3) is 0.480. The van der Waals surface area contributed by atoms with Crippen molar-refractivity contribution in [2.45, 2.75) is 56.8 Å². The van der Waals surface area contributed by atoms with E-state index in [1.807, 2.05) is 0 Å². The number of aromatic nitrogens is 3. The van der Waals surface area contributed by atoms with E-state index in [4.69, 9.17) is 4.74 Å². The fourth-order valence-electron chi connectivity index (χ4n) is 5.70. The van der Waals surface area contributed by atoms with Crippen LogP contribution in [0.3, 0.4) is 0 Å². The first-order valence-corrected chi connectivity index (χ1v) is 11.7. The van der Waals surface area contributed by atoms with Crippen molar-refractivity contribution in [1.29, 1.82) is 5.26 Å². The highest BCUT2D eigenvalue weighted by atomic mass is 19.4. The second kappa shape index (κ2) is 8.08. The van der Waals surface area contributed by atoms with Crippen molar-refractivity contribution in [2.75, 3.05) is 18.5 Å². The highest BCUT2D eigenvalue weighted by Gasteiger charge is 2.66. The smallest absolute Gasteiger partial charge is 0.379 e. The summed E-state index contributed by atoms with van der Waals surface area (Å²) >= 11 is 0. The van der Waals surface area contributed by atoms with E-state index in [9.17, 15) is 28.3 Å². The number of alkyl halides is 3. The number of halogens is 3. The van der Waals surface area contributed by atoms with Gasteiger partial charge in [0.05, 0.1) is 30.2 Å². The molecule has 3 heterocycles. The molecule has 8 nitrogen and oxygen atoms in total. The number of rotatable bonds is 4. The minimum Gasteiger partial charge on any atom is -0.379 e. The first-order chi connectivity index (χ1) is 16.9. The van der Waals surface area contributed by atoms with Crippen molar-refractivity contribution in [3.8, 4) is 6.07 Å². The summed E-state index contributed by atoms with van der Waals surface area (Å²) in [6.45, 7) is 3.63. The van der Waals surface area contributed by atoms with E-state index in [0.29, 0.717) is 29.8 Å². The molecule has 190 valence electrons. The first kappa shape index (κ1) is 24.3. The average molecular weight is 502 g/mol. The summed E-state index contributed by atoms with van der Waals surface area (Å²) in [6, 6.07) is 8.18. The topological polar surface area (TPSA) is 116 Å². The maximum absolute atomic E-state index is 13.9. The Morgan fingerprint density at radius 1 is 1.33 bits per heavy atom. The lowest BCUT2D eigenvalue weighted by atomic mass is 9.75.